The lowest BCUT2D eigenvalue weighted by molar-refractivity contribution is 0.0972. The Balaban J connectivity index is 2.26. The number of carbonyl (C=O) groups excluding carboxylic acids is 1. The first-order valence-electron chi connectivity index (χ1n) is 6.90. The zero-order chi connectivity index (χ0) is 13.6. The van der Waals surface area contributed by atoms with Crippen LogP contribution in [0, 0.1) is 20.8 Å². The monoisotopic (exact) mass is 253 g/mol. The summed E-state index contributed by atoms with van der Waals surface area (Å²) in [4.78, 5) is 12.0. The number of ketones is 1. The van der Waals surface area contributed by atoms with Crippen molar-refractivity contribution in [1.29, 1.82) is 0 Å². The van der Waals surface area contributed by atoms with Gasteiger partial charge in [0.1, 0.15) is 0 Å². The number of carbonyl (C=O) groups is 1. The van der Waals surface area contributed by atoms with E-state index in [1.165, 1.54) is 22.5 Å². The van der Waals surface area contributed by atoms with E-state index in [4.69, 9.17) is 0 Å². The van der Waals surface area contributed by atoms with Gasteiger partial charge in [0.25, 0.3) is 0 Å². The molecule has 0 radical (unpaired) electrons. The van der Waals surface area contributed by atoms with E-state index >= 15 is 0 Å². The van der Waals surface area contributed by atoms with Gasteiger partial charge in [-0.2, -0.15) is 0 Å². The minimum absolute atomic E-state index is 0.299. The molecule has 1 aromatic carbocycles. The molecule has 0 bridgehead atoms. The fourth-order valence-electron chi connectivity index (χ4n) is 3.02. The van der Waals surface area contributed by atoms with Gasteiger partial charge in [0, 0.05) is 29.1 Å². The second-order valence-electron chi connectivity index (χ2n) is 5.55. The maximum atomic E-state index is 12.0. The van der Waals surface area contributed by atoms with Crippen LogP contribution in [-0.4, -0.2) is 10.4 Å². The number of fused-ring (bicyclic) bond motifs is 1. The van der Waals surface area contributed by atoms with Gasteiger partial charge in [0.15, 0.2) is 5.78 Å². The molecule has 0 aliphatic heterocycles. The Labute approximate surface area is 114 Å². The summed E-state index contributed by atoms with van der Waals surface area (Å²) in [6.45, 7) is 6.33. The summed E-state index contributed by atoms with van der Waals surface area (Å²) >= 11 is 0. The van der Waals surface area contributed by atoms with Crippen LogP contribution in [0.25, 0.3) is 5.69 Å². The molecule has 0 fully saturated rings. The Morgan fingerprint density at radius 1 is 1.05 bits per heavy atom. The van der Waals surface area contributed by atoms with E-state index < -0.39 is 0 Å². The van der Waals surface area contributed by atoms with Gasteiger partial charge >= 0.3 is 0 Å². The van der Waals surface area contributed by atoms with Crippen LogP contribution in [0.15, 0.2) is 24.3 Å². The Morgan fingerprint density at radius 2 is 1.84 bits per heavy atom. The van der Waals surface area contributed by atoms with E-state index in [1.54, 1.807) is 0 Å². The lowest BCUT2D eigenvalue weighted by Gasteiger charge is -2.18. The highest BCUT2D eigenvalue weighted by Crippen LogP contribution is 2.29. The van der Waals surface area contributed by atoms with Crippen molar-refractivity contribution >= 4 is 5.78 Å². The maximum absolute atomic E-state index is 12.0. The van der Waals surface area contributed by atoms with Crippen molar-refractivity contribution < 1.29 is 4.79 Å². The number of aryl methyl sites for hydroxylation is 3. The van der Waals surface area contributed by atoms with E-state index in [2.05, 4.69) is 49.6 Å². The Hall–Kier alpha value is -1.83. The lowest BCUT2D eigenvalue weighted by Crippen LogP contribution is -2.13. The van der Waals surface area contributed by atoms with E-state index in [0.29, 0.717) is 12.2 Å². The van der Waals surface area contributed by atoms with Crippen LogP contribution >= 0.6 is 0 Å². The van der Waals surface area contributed by atoms with Crippen molar-refractivity contribution in [1.82, 2.24) is 4.57 Å². The topological polar surface area (TPSA) is 22.0 Å². The first-order valence-corrected chi connectivity index (χ1v) is 6.90. The first kappa shape index (κ1) is 12.2. The summed E-state index contributed by atoms with van der Waals surface area (Å²) in [7, 11) is 0. The van der Waals surface area contributed by atoms with Crippen molar-refractivity contribution in [2.75, 3.05) is 0 Å². The normalized spacial score (nSPS) is 14.6. The zero-order valence-electron chi connectivity index (χ0n) is 11.8. The first-order chi connectivity index (χ1) is 9.08. The number of Topliss-reactive ketones (excluding diaryl/α,β-unsaturated/α-hetero) is 1. The van der Waals surface area contributed by atoms with Crippen LogP contribution in [0.5, 0.6) is 0 Å². The van der Waals surface area contributed by atoms with Gasteiger partial charge in [0.05, 0.1) is 0 Å². The van der Waals surface area contributed by atoms with Crippen LogP contribution in [-0.2, 0) is 6.42 Å². The van der Waals surface area contributed by atoms with E-state index in [9.17, 15) is 4.79 Å². The quantitative estimate of drug-likeness (QED) is 0.755. The molecule has 0 unspecified atom stereocenters. The van der Waals surface area contributed by atoms with E-state index in [1.807, 2.05) is 0 Å². The zero-order valence-corrected chi connectivity index (χ0v) is 11.8. The van der Waals surface area contributed by atoms with Gasteiger partial charge in [-0.1, -0.05) is 12.1 Å². The van der Waals surface area contributed by atoms with Crippen molar-refractivity contribution in [3.8, 4) is 5.69 Å². The molecule has 0 saturated carbocycles. The number of hydrogen-bond donors (Lipinski definition) is 0. The van der Waals surface area contributed by atoms with Crippen LogP contribution in [0.4, 0.5) is 0 Å². The highest BCUT2D eigenvalue weighted by atomic mass is 16.1. The molecule has 1 heterocycles. The maximum Gasteiger partial charge on any atom is 0.164 e. The van der Waals surface area contributed by atoms with Gasteiger partial charge in [-0.3, -0.25) is 4.79 Å². The van der Waals surface area contributed by atoms with Crippen LogP contribution < -0.4 is 0 Å². The molecule has 2 nitrogen and oxygen atoms in total. The van der Waals surface area contributed by atoms with Crippen molar-refractivity contribution in [2.45, 2.75) is 40.0 Å². The molecule has 2 aromatic rings. The highest BCUT2D eigenvalue weighted by molar-refractivity contribution is 5.98. The number of nitrogens with zero attached hydrogens (tertiary/aromatic N) is 1. The molecular weight excluding hydrogens is 234 g/mol. The molecule has 1 aliphatic carbocycles. The van der Waals surface area contributed by atoms with Gasteiger partial charge in [-0.15, -0.1) is 0 Å². The summed E-state index contributed by atoms with van der Waals surface area (Å²) in [5.74, 6) is 0.299. The molecule has 1 aromatic heterocycles. The predicted molar refractivity (Wildman–Crippen MR) is 77.2 cm³/mol. The Kier molecular flexibility index (Phi) is 2.81. The molecule has 98 valence electrons. The van der Waals surface area contributed by atoms with Crippen LogP contribution in [0.2, 0.25) is 0 Å². The van der Waals surface area contributed by atoms with Crippen molar-refractivity contribution in [3.05, 3.63) is 52.3 Å². The summed E-state index contributed by atoms with van der Waals surface area (Å²) in [6.07, 6.45) is 2.67. The van der Waals surface area contributed by atoms with Gasteiger partial charge in [-0.05, 0) is 56.9 Å². The molecule has 0 saturated heterocycles. The number of benzene rings is 1. The lowest BCUT2D eigenvalue weighted by atomic mass is 9.96. The summed E-state index contributed by atoms with van der Waals surface area (Å²) in [5, 5.41) is 0. The van der Waals surface area contributed by atoms with Crippen molar-refractivity contribution in [3.63, 3.8) is 0 Å². The van der Waals surface area contributed by atoms with Crippen LogP contribution in [0.1, 0.15) is 45.7 Å². The molecule has 3 rings (SSSR count). The van der Waals surface area contributed by atoms with Gasteiger partial charge < -0.3 is 4.57 Å². The highest BCUT2D eigenvalue weighted by Gasteiger charge is 2.23. The molecule has 0 N–H and O–H groups in total. The summed E-state index contributed by atoms with van der Waals surface area (Å²) < 4.78 is 2.27. The molecule has 1 aliphatic rings. The SMILES string of the molecule is Cc1ccc(C)c(-n2c(C)cc3c2CCCC3=O)c1. The van der Waals surface area contributed by atoms with E-state index in [-0.39, 0.29) is 0 Å². The molecule has 19 heavy (non-hydrogen) atoms. The van der Waals surface area contributed by atoms with Crippen LogP contribution in [0.3, 0.4) is 0 Å². The molecule has 0 atom stereocenters. The molecule has 0 amide bonds. The molecule has 2 heteroatoms. The largest absolute Gasteiger partial charge is 0.317 e. The van der Waals surface area contributed by atoms with Crippen molar-refractivity contribution in [2.24, 2.45) is 0 Å². The van der Waals surface area contributed by atoms with E-state index in [0.717, 1.165) is 24.1 Å². The third kappa shape index (κ3) is 1.92. The third-order valence-electron chi connectivity index (χ3n) is 4.01. The third-order valence-corrected chi connectivity index (χ3v) is 4.01. The number of hydrogen-bond acceptors (Lipinski definition) is 1. The van der Waals surface area contributed by atoms with Gasteiger partial charge in [-0.25, -0.2) is 0 Å². The fourth-order valence-corrected chi connectivity index (χ4v) is 3.02. The fraction of sp³-hybridized carbons (Fsp3) is 0.353. The number of aromatic nitrogens is 1. The van der Waals surface area contributed by atoms with Gasteiger partial charge in [0.2, 0.25) is 0 Å². The average molecular weight is 253 g/mol. The standard InChI is InChI=1S/C17H19NO/c1-11-7-8-12(2)16(9-11)18-13(3)10-14-15(18)5-4-6-17(14)19/h7-10H,4-6H2,1-3H3. The summed E-state index contributed by atoms with van der Waals surface area (Å²) in [6, 6.07) is 8.55. The predicted octanol–water partition coefficient (Wildman–Crippen LogP) is 3.92. The average Bonchev–Trinajstić information content (AvgIpc) is 2.70. The Bertz CT molecular complexity index is 664. The molecular formula is C17H19NO. The second kappa shape index (κ2) is 4.37. The summed E-state index contributed by atoms with van der Waals surface area (Å²) in [5.41, 5.74) is 7.02. The smallest absolute Gasteiger partial charge is 0.164 e. The minimum atomic E-state index is 0.299. The number of rotatable bonds is 1. The second-order valence-corrected chi connectivity index (χ2v) is 5.55. The minimum Gasteiger partial charge on any atom is -0.317 e. The Morgan fingerprint density at radius 3 is 2.63 bits per heavy atom. The molecule has 0 spiro atoms.